The monoisotopic (exact) mass is 959 g/mol. The second-order valence-electron chi connectivity index (χ2n) is 21.9. The molecule has 0 heterocycles. The van der Waals surface area contributed by atoms with E-state index in [1.54, 1.807) is 0 Å². The number of benzene rings is 2. The number of carbonyl (C=O) groups excluding carboxylic acids is 1. The first kappa shape index (κ1) is 63.2. The number of hydrogen-bond donors (Lipinski definition) is 0. The maximum absolute atomic E-state index is 10.3. The predicted octanol–water partition coefficient (Wildman–Crippen LogP) is 22.5. The van der Waals surface area contributed by atoms with Crippen LogP contribution in [0.5, 0.6) is 5.75 Å². The molecule has 69 heavy (non-hydrogen) atoms. The van der Waals surface area contributed by atoms with Crippen molar-refractivity contribution in [3.63, 3.8) is 0 Å². The van der Waals surface area contributed by atoms with Gasteiger partial charge in [-0.25, -0.2) is 0 Å². The van der Waals surface area contributed by atoms with Crippen LogP contribution in [0.25, 0.3) is 10.8 Å². The molecule has 3 nitrogen and oxygen atoms in total. The topological polar surface area (TPSA) is 35.5 Å². The molecule has 400 valence electrons. The van der Waals surface area contributed by atoms with Crippen molar-refractivity contribution in [2.24, 2.45) is 0 Å². The van der Waals surface area contributed by atoms with Crippen molar-refractivity contribution in [3.05, 3.63) is 42.0 Å². The Hall–Kier alpha value is -1.87. The Morgan fingerprint density at radius 2 is 0.696 bits per heavy atom. The van der Waals surface area contributed by atoms with Crippen molar-refractivity contribution in [2.75, 3.05) is 19.8 Å². The third-order valence-corrected chi connectivity index (χ3v) is 15.3. The smallest absolute Gasteiger partial charge is 0.127 e. The molecule has 2 aromatic carbocycles. The molecule has 0 N–H and O–H groups in total. The number of unbranched alkanes of at least 4 members (excludes halogenated alkanes) is 48. The van der Waals surface area contributed by atoms with Gasteiger partial charge in [-0.05, 0) is 42.7 Å². The zero-order valence-corrected chi connectivity index (χ0v) is 46.4. The van der Waals surface area contributed by atoms with Gasteiger partial charge in [0.25, 0.3) is 0 Å². The lowest BCUT2D eigenvalue weighted by Gasteiger charge is -2.11. The third-order valence-electron chi connectivity index (χ3n) is 15.3. The molecular formula is C66H118O3. The van der Waals surface area contributed by atoms with Crippen molar-refractivity contribution >= 4 is 17.1 Å². The van der Waals surface area contributed by atoms with Crippen molar-refractivity contribution < 1.29 is 14.3 Å². The molecule has 0 atom stereocenters. The molecular weight excluding hydrogens is 841 g/mol. The van der Waals surface area contributed by atoms with Crippen LogP contribution in [-0.2, 0) is 16.0 Å². The molecule has 0 fully saturated rings. The summed E-state index contributed by atoms with van der Waals surface area (Å²) in [4.78, 5) is 10.3. The van der Waals surface area contributed by atoms with Crippen LogP contribution in [0, 0.1) is 0 Å². The highest BCUT2D eigenvalue weighted by atomic mass is 16.5. The van der Waals surface area contributed by atoms with E-state index in [0.717, 1.165) is 31.5 Å². The van der Waals surface area contributed by atoms with Crippen molar-refractivity contribution in [1.82, 2.24) is 0 Å². The molecule has 0 amide bonds. The minimum absolute atomic E-state index is 0.622. The summed E-state index contributed by atoms with van der Waals surface area (Å²) in [5.41, 5.74) is 1.46. The van der Waals surface area contributed by atoms with E-state index in [0.29, 0.717) is 13.2 Å². The van der Waals surface area contributed by atoms with Gasteiger partial charge in [-0.1, -0.05) is 333 Å². The molecule has 0 radical (unpaired) electrons. The number of hydrogen-bond acceptors (Lipinski definition) is 3. The Morgan fingerprint density at radius 1 is 0.348 bits per heavy atom. The van der Waals surface area contributed by atoms with Gasteiger partial charge in [0, 0.05) is 18.4 Å². The molecule has 2 aromatic rings. The average molecular weight is 960 g/mol. The highest BCUT2D eigenvalue weighted by Crippen LogP contribution is 2.27. The molecule has 0 aliphatic rings. The molecule has 3 heteroatoms. The van der Waals surface area contributed by atoms with Gasteiger partial charge in [-0.3, -0.25) is 0 Å². The molecule has 2 rings (SSSR count). The highest BCUT2D eigenvalue weighted by molar-refractivity contribution is 5.88. The van der Waals surface area contributed by atoms with E-state index in [4.69, 9.17) is 9.47 Å². The number of fused-ring (bicyclic) bond motifs is 1. The summed E-state index contributed by atoms with van der Waals surface area (Å²) < 4.78 is 12.1. The third kappa shape index (κ3) is 42.4. The van der Waals surface area contributed by atoms with Gasteiger partial charge in [-0.2, -0.15) is 0 Å². The second kappa shape index (κ2) is 52.5. The lowest BCUT2D eigenvalue weighted by atomic mass is 10.0. The molecule has 0 spiro atoms. The largest absolute Gasteiger partial charge is 0.491 e. The van der Waals surface area contributed by atoms with Gasteiger partial charge >= 0.3 is 0 Å². The lowest BCUT2D eigenvalue weighted by molar-refractivity contribution is -0.107. The van der Waals surface area contributed by atoms with Crippen LogP contribution in [0.2, 0.25) is 0 Å². The fourth-order valence-corrected chi connectivity index (χ4v) is 10.7. The Morgan fingerprint density at radius 3 is 1.07 bits per heavy atom. The van der Waals surface area contributed by atoms with Crippen LogP contribution in [0.15, 0.2) is 36.4 Å². The first-order valence-electron chi connectivity index (χ1n) is 31.5. The van der Waals surface area contributed by atoms with Gasteiger partial charge in [0.15, 0.2) is 0 Å². The standard InChI is InChI=1S/C66H118O3/c1-2-3-4-5-6-7-40-43-46-49-53-63-56-57-65-64(62-63)54-52-55-66(65)69-61-60-68-59-51-48-45-42-39-37-35-33-31-29-27-25-23-21-19-17-15-13-11-9-8-10-12-14-16-18-20-22-24-26-28-30-32-34-36-38-41-44-47-50-58-67/h52,54-58,62H,2-51,53,59-61H2,1H3. The maximum atomic E-state index is 10.3. The maximum Gasteiger partial charge on any atom is 0.127 e. The van der Waals surface area contributed by atoms with E-state index < -0.39 is 0 Å². The Labute approximate surface area is 431 Å². The number of aldehydes is 1. The Kier molecular flexibility index (Phi) is 48.1. The Balaban J connectivity index is 1.20. The van der Waals surface area contributed by atoms with Crippen LogP contribution in [0.1, 0.15) is 334 Å². The fourth-order valence-electron chi connectivity index (χ4n) is 10.7. The van der Waals surface area contributed by atoms with Gasteiger partial charge in [0.1, 0.15) is 18.6 Å². The van der Waals surface area contributed by atoms with Gasteiger partial charge in [0.2, 0.25) is 0 Å². The SMILES string of the molecule is CCCCCCCCCCCCc1ccc2c(OCCOCCCCCCCCCCCCCCCCCCCCCCCCCCCCCCCCCCCCCCCCCC=O)cccc2c1. The highest BCUT2D eigenvalue weighted by Gasteiger charge is 2.05. The molecule has 0 aliphatic heterocycles. The average Bonchev–Trinajstić information content (AvgIpc) is 3.36. The molecule has 0 saturated heterocycles. The van der Waals surface area contributed by atoms with Gasteiger partial charge in [0.05, 0.1) is 6.61 Å². The Bertz CT molecular complexity index is 1320. The van der Waals surface area contributed by atoms with Crippen LogP contribution in [0.3, 0.4) is 0 Å². The zero-order chi connectivity index (χ0) is 48.9. The normalized spacial score (nSPS) is 11.6. The second-order valence-corrected chi connectivity index (χ2v) is 21.9. The van der Waals surface area contributed by atoms with Crippen LogP contribution in [0.4, 0.5) is 0 Å². The summed E-state index contributed by atoms with van der Waals surface area (Å²) in [5.74, 6) is 0.987. The summed E-state index contributed by atoms with van der Waals surface area (Å²) in [6, 6.07) is 13.4. The van der Waals surface area contributed by atoms with E-state index in [2.05, 4.69) is 43.3 Å². The van der Waals surface area contributed by atoms with E-state index in [9.17, 15) is 4.79 Å². The van der Waals surface area contributed by atoms with E-state index in [-0.39, 0.29) is 0 Å². The molecule has 0 aliphatic carbocycles. The van der Waals surface area contributed by atoms with Crippen molar-refractivity contribution in [3.8, 4) is 5.75 Å². The van der Waals surface area contributed by atoms with E-state index >= 15 is 0 Å². The molecule has 0 saturated carbocycles. The van der Waals surface area contributed by atoms with Crippen molar-refractivity contribution in [2.45, 2.75) is 334 Å². The summed E-state index contributed by atoms with van der Waals surface area (Å²) in [6.07, 6.45) is 72.4. The van der Waals surface area contributed by atoms with Crippen LogP contribution in [-0.4, -0.2) is 26.1 Å². The summed E-state index contributed by atoms with van der Waals surface area (Å²) >= 11 is 0. The first-order chi connectivity index (χ1) is 34.3. The van der Waals surface area contributed by atoms with E-state index in [1.807, 2.05) is 0 Å². The van der Waals surface area contributed by atoms with Crippen LogP contribution < -0.4 is 4.74 Å². The number of ether oxygens (including phenoxy) is 2. The number of rotatable bonds is 57. The first-order valence-corrected chi connectivity index (χ1v) is 31.5. The van der Waals surface area contributed by atoms with Gasteiger partial charge < -0.3 is 14.3 Å². The summed E-state index contributed by atoms with van der Waals surface area (Å²) in [7, 11) is 0. The summed E-state index contributed by atoms with van der Waals surface area (Å²) in [5, 5.41) is 2.52. The lowest BCUT2D eigenvalue weighted by Crippen LogP contribution is -2.07. The minimum atomic E-state index is 0.622. The number of aryl methyl sites for hydroxylation is 1. The zero-order valence-electron chi connectivity index (χ0n) is 46.4. The fraction of sp³-hybridized carbons (Fsp3) is 0.833. The number of carbonyl (C=O) groups is 1. The predicted molar refractivity (Wildman–Crippen MR) is 307 cm³/mol. The quantitative estimate of drug-likeness (QED) is 0.0490. The molecule has 0 unspecified atom stereocenters. The minimum Gasteiger partial charge on any atom is -0.491 e. The summed E-state index contributed by atoms with van der Waals surface area (Å²) in [6.45, 7) is 4.45. The van der Waals surface area contributed by atoms with Crippen molar-refractivity contribution in [1.29, 1.82) is 0 Å². The molecule has 0 aromatic heterocycles. The molecule has 0 bridgehead atoms. The van der Waals surface area contributed by atoms with Crippen LogP contribution >= 0.6 is 0 Å². The van der Waals surface area contributed by atoms with Gasteiger partial charge in [-0.15, -0.1) is 0 Å². The van der Waals surface area contributed by atoms with E-state index in [1.165, 1.54) is 331 Å².